The first-order chi connectivity index (χ1) is 11.7. The fourth-order valence-electron chi connectivity index (χ4n) is 3.62. The van der Waals surface area contributed by atoms with Gasteiger partial charge in [-0.25, -0.2) is 0 Å². The van der Waals surface area contributed by atoms with Crippen LogP contribution in [-0.2, 0) is 6.42 Å². The first-order valence-electron chi connectivity index (χ1n) is 8.37. The molecule has 0 amide bonds. The summed E-state index contributed by atoms with van der Waals surface area (Å²) in [7, 11) is 0. The summed E-state index contributed by atoms with van der Waals surface area (Å²) in [6, 6.07) is 12.6. The molecule has 0 unspecified atom stereocenters. The molecule has 4 rings (SSSR count). The molecule has 1 saturated heterocycles. The molecule has 0 spiro atoms. The van der Waals surface area contributed by atoms with Crippen molar-refractivity contribution < 1.29 is 5.21 Å². The molecule has 2 N–H and O–H groups in total. The van der Waals surface area contributed by atoms with Crippen LogP contribution in [0.25, 0.3) is 10.8 Å². The minimum Gasteiger partial charge on any atom is -0.411 e. The number of halogens is 2. The van der Waals surface area contributed by atoms with Crippen molar-refractivity contribution in [3.63, 3.8) is 0 Å². The molecule has 2 aromatic carbocycles. The SMILES string of the molecule is Cl.On1ncc(C2CCNCC2)c1Cc1ccc2ccccc2c1Br. The van der Waals surface area contributed by atoms with Crippen molar-refractivity contribution >= 4 is 39.1 Å². The van der Waals surface area contributed by atoms with Crippen LogP contribution in [0.15, 0.2) is 47.1 Å². The van der Waals surface area contributed by atoms with Gasteiger partial charge in [-0.1, -0.05) is 36.4 Å². The number of benzene rings is 2. The van der Waals surface area contributed by atoms with Crippen molar-refractivity contribution in [1.29, 1.82) is 0 Å². The Hall–Kier alpha value is -1.56. The normalized spacial score (nSPS) is 15.2. The van der Waals surface area contributed by atoms with Crippen LogP contribution in [0.4, 0.5) is 0 Å². The van der Waals surface area contributed by atoms with Crippen LogP contribution in [0, 0.1) is 0 Å². The van der Waals surface area contributed by atoms with Crippen LogP contribution in [0.3, 0.4) is 0 Å². The summed E-state index contributed by atoms with van der Waals surface area (Å²) in [6.07, 6.45) is 4.69. The predicted octanol–water partition coefficient (Wildman–Crippen LogP) is 4.52. The maximum atomic E-state index is 10.2. The molecule has 1 aliphatic heterocycles. The zero-order valence-corrected chi connectivity index (χ0v) is 16.2. The number of nitrogens with zero attached hydrogens (tertiary/aromatic N) is 2. The third-order valence-corrected chi connectivity index (χ3v) is 5.90. The third kappa shape index (κ3) is 3.54. The highest BCUT2D eigenvalue weighted by Gasteiger charge is 2.22. The third-order valence-electron chi connectivity index (χ3n) is 4.96. The molecular formula is C19H21BrClN3O. The van der Waals surface area contributed by atoms with E-state index in [2.05, 4.69) is 50.6 Å². The average molecular weight is 423 g/mol. The highest BCUT2D eigenvalue weighted by Crippen LogP contribution is 2.33. The Balaban J connectivity index is 0.00000182. The quantitative estimate of drug-likeness (QED) is 0.610. The van der Waals surface area contributed by atoms with E-state index in [1.807, 2.05) is 18.3 Å². The Kier molecular flexibility index (Phi) is 5.67. The van der Waals surface area contributed by atoms with E-state index in [0.717, 1.165) is 40.9 Å². The van der Waals surface area contributed by atoms with E-state index in [-0.39, 0.29) is 12.4 Å². The average Bonchev–Trinajstić information content (AvgIpc) is 2.99. The van der Waals surface area contributed by atoms with Gasteiger partial charge in [-0.15, -0.1) is 22.4 Å². The Morgan fingerprint density at radius 2 is 1.92 bits per heavy atom. The van der Waals surface area contributed by atoms with Crippen molar-refractivity contribution in [2.45, 2.75) is 25.2 Å². The van der Waals surface area contributed by atoms with Gasteiger partial charge in [0.15, 0.2) is 0 Å². The standard InChI is InChI=1S/C19H20BrN3O.ClH/c20-19-15(6-5-13-3-1-2-4-16(13)19)11-18-17(12-22-23(18)24)14-7-9-21-10-8-14;/h1-6,12,14,21,24H,7-11H2;1H. The van der Waals surface area contributed by atoms with Gasteiger partial charge >= 0.3 is 0 Å². The molecule has 0 aliphatic carbocycles. The van der Waals surface area contributed by atoms with Gasteiger partial charge in [-0.05, 0) is 64.1 Å². The van der Waals surface area contributed by atoms with Gasteiger partial charge in [0.25, 0.3) is 0 Å². The van der Waals surface area contributed by atoms with Crippen molar-refractivity contribution in [3.05, 3.63) is 63.9 Å². The second-order valence-electron chi connectivity index (χ2n) is 6.40. The molecule has 2 heterocycles. The lowest BCUT2D eigenvalue weighted by Gasteiger charge is -2.23. The van der Waals surface area contributed by atoms with Gasteiger partial charge in [0.1, 0.15) is 0 Å². The maximum Gasteiger partial charge on any atom is 0.0877 e. The zero-order chi connectivity index (χ0) is 16.5. The molecule has 25 heavy (non-hydrogen) atoms. The number of fused-ring (bicyclic) bond motifs is 1. The van der Waals surface area contributed by atoms with Crippen LogP contribution >= 0.6 is 28.3 Å². The van der Waals surface area contributed by atoms with E-state index in [1.54, 1.807) is 0 Å². The van der Waals surface area contributed by atoms with Gasteiger partial charge in [0, 0.05) is 16.5 Å². The molecule has 1 aliphatic rings. The lowest BCUT2D eigenvalue weighted by atomic mass is 9.89. The molecule has 132 valence electrons. The summed E-state index contributed by atoms with van der Waals surface area (Å²) in [6.45, 7) is 2.06. The van der Waals surface area contributed by atoms with Gasteiger partial charge in [-0.3, -0.25) is 0 Å². The van der Waals surface area contributed by atoms with Crippen LogP contribution in [-0.4, -0.2) is 28.2 Å². The zero-order valence-electron chi connectivity index (χ0n) is 13.8. The molecule has 4 nitrogen and oxygen atoms in total. The fraction of sp³-hybridized carbons (Fsp3) is 0.316. The van der Waals surface area contributed by atoms with E-state index < -0.39 is 0 Å². The van der Waals surface area contributed by atoms with Gasteiger partial charge in [0.2, 0.25) is 0 Å². The summed E-state index contributed by atoms with van der Waals surface area (Å²) < 4.78 is 1.10. The number of aromatic nitrogens is 2. The summed E-state index contributed by atoms with van der Waals surface area (Å²) in [5.41, 5.74) is 3.25. The lowest BCUT2D eigenvalue weighted by Crippen LogP contribution is -2.27. The molecule has 6 heteroatoms. The van der Waals surface area contributed by atoms with E-state index in [0.29, 0.717) is 12.3 Å². The fourth-order valence-corrected chi connectivity index (χ4v) is 4.25. The Morgan fingerprint density at radius 3 is 2.72 bits per heavy atom. The van der Waals surface area contributed by atoms with Crippen molar-refractivity contribution in [1.82, 2.24) is 15.3 Å². The van der Waals surface area contributed by atoms with Gasteiger partial charge in [-0.2, -0.15) is 0 Å². The second-order valence-corrected chi connectivity index (χ2v) is 7.19. The van der Waals surface area contributed by atoms with Crippen molar-refractivity contribution in [3.8, 4) is 0 Å². The van der Waals surface area contributed by atoms with Crippen LogP contribution in [0.1, 0.15) is 35.6 Å². The Morgan fingerprint density at radius 1 is 1.16 bits per heavy atom. The van der Waals surface area contributed by atoms with E-state index in [1.165, 1.54) is 21.9 Å². The number of hydrogen-bond donors (Lipinski definition) is 2. The molecule has 0 radical (unpaired) electrons. The van der Waals surface area contributed by atoms with E-state index in [9.17, 15) is 5.21 Å². The molecule has 1 aromatic heterocycles. The van der Waals surface area contributed by atoms with Crippen LogP contribution in [0.5, 0.6) is 0 Å². The first-order valence-corrected chi connectivity index (χ1v) is 9.16. The summed E-state index contributed by atoms with van der Waals surface area (Å²) in [5, 5.41) is 20.1. The Labute approximate surface area is 161 Å². The van der Waals surface area contributed by atoms with Crippen molar-refractivity contribution in [2.24, 2.45) is 0 Å². The van der Waals surface area contributed by atoms with Gasteiger partial charge < -0.3 is 10.5 Å². The minimum atomic E-state index is 0. The molecule has 0 bridgehead atoms. The number of rotatable bonds is 3. The smallest absolute Gasteiger partial charge is 0.0877 e. The number of hydrogen-bond acceptors (Lipinski definition) is 3. The lowest BCUT2D eigenvalue weighted by molar-refractivity contribution is 0.140. The van der Waals surface area contributed by atoms with E-state index >= 15 is 0 Å². The largest absolute Gasteiger partial charge is 0.411 e. The summed E-state index contributed by atoms with van der Waals surface area (Å²) in [5.74, 6) is 0.474. The molecule has 1 fully saturated rings. The van der Waals surface area contributed by atoms with Crippen LogP contribution < -0.4 is 5.32 Å². The number of nitrogens with one attached hydrogen (secondary N) is 1. The highest BCUT2D eigenvalue weighted by atomic mass is 79.9. The summed E-state index contributed by atoms with van der Waals surface area (Å²) >= 11 is 3.75. The summed E-state index contributed by atoms with van der Waals surface area (Å²) in [4.78, 5) is 1.05. The molecule has 0 saturated carbocycles. The van der Waals surface area contributed by atoms with Crippen LogP contribution in [0.2, 0.25) is 0 Å². The maximum absolute atomic E-state index is 10.2. The predicted molar refractivity (Wildman–Crippen MR) is 106 cm³/mol. The Bertz CT molecular complexity index is 874. The second kappa shape index (κ2) is 7.77. The molecule has 3 aromatic rings. The molecule has 0 atom stereocenters. The molecular weight excluding hydrogens is 402 g/mol. The first kappa shape index (κ1) is 18.2. The van der Waals surface area contributed by atoms with E-state index in [4.69, 9.17) is 0 Å². The monoisotopic (exact) mass is 421 g/mol. The van der Waals surface area contributed by atoms with Gasteiger partial charge in [0.05, 0.1) is 11.9 Å². The minimum absolute atomic E-state index is 0. The topological polar surface area (TPSA) is 50.1 Å². The van der Waals surface area contributed by atoms with Crippen molar-refractivity contribution in [2.75, 3.05) is 13.1 Å². The number of piperidine rings is 1. The highest BCUT2D eigenvalue weighted by molar-refractivity contribution is 9.10.